The Hall–Kier alpha value is -10.4. The van der Waals surface area contributed by atoms with Gasteiger partial charge in [-0.15, -0.1) is 0 Å². The molecule has 13 atom stereocenters. The van der Waals surface area contributed by atoms with Crippen LogP contribution in [0, 0.1) is 35.5 Å². The van der Waals surface area contributed by atoms with Crippen molar-refractivity contribution in [3.63, 3.8) is 0 Å². The van der Waals surface area contributed by atoms with Crippen LogP contribution in [0.2, 0.25) is 0 Å². The Morgan fingerprint density at radius 1 is 0.442 bits per heavy atom. The van der Waals surface area contributed by atoms with E-state index in [1.165, 1.54) is 13.8 Å². The molecular formula is C99H168N14O25. The Bertz CT molecular complexity index is 4040. The molecule has 1 heterocycles. The van der Waals surface area contributed by atoms with Gasteiger partial charge in [0, 0.05) is 109 Å². The highest BCUT2D eigenvalue weighted by Crippen LogP contribution is 2.26. The first kappa shape index (κ1) is 124. The number of amides is 13. The van der Waals surface area contributed by atoms with E-state index >= 15 is 33.6 Å². The lowest BCUT2D eigenvalue weighted by Gasteiger charge is -2.28. The second-order valence-electron chi connectivity index (χ2n) is 41.4. The first-order valence-electron chi connectivity index (χ1n) is 49.3. The molecule has 17 N–H and O–H groups in total. The number of Topliss-reactive ketones (excluding diaryl/α,β-unsaturated/α-hetero) is 5. The second-order valence-corrected chi connectivity index (χ2v) is 41.4. The molecule has 784 valence electrons. The summed E-state index contributed by atoms with van der Waals surface area (Å²) in [6.07, 6.45) is -4.25. The quantitative estimate of drug-likeness (QED) is 0.0214. The number of benzene rings is 1. The lowest BCUT2D eigenvalue weighted by Crippen LogP contribution is -2.57. The average Bonchev–Trinajstić information content (AvgIpc) is 0.940. The lowest BCUT2D eigenvalue weighted by molar-refractivity contribution is -0.138. The minimum absolute atomic E-state index is 0.0720. The van der Waals surface area contributed by atoms with Gasteiger partial charge in [-0.1, -0.05) is 102 Å². The summed E-state index contributed by atoms with van der Waals surface area (Å²) in [5, 5.41) is 57.8. The highest BCUT2D eigenvalue weighted by atomic mass is 16.6. The number of nitrogens with two attached hydrogens (primary N) is 1. The van der Waals surface area contributed by atoms with Crippen LogP contribution in [0.5, 0.6) is 0 Å². The summed E-state index contributed by atoms with van der Waals surface area (Å²) in [6.45, 7) is 30.7. The molecule has 39 heteroatoms. The first-order chi connectivity index (χ1) is 64.4. The van der Waals surface area contributed by atoms with Gasteiger partial charge in [0.05, 0.1) is 48.2 Å². The number of unbranched alkanes of at least 4 members (excludes halogenated alkanes) is 9. The summed E-state index contributed by atoms with van der Waals surface area (Å²) in [5.41, 5.74) is 1.14. The predicted molar refractivity (Wildman–Crippen MR) is 519 cm³/mol. The number of carbonyl (C=O) groups excluding carboxylic acids is 18. The van der Waals surface area contributed by atoms with E-state index in [2.05, 4.69) is 76.0 Å². The van der Waals surface area contributed by atoms with Crippen LogP contribution in [0.25, 0.3) is 0 Å². The Labute approximate surface area is 816 Å². The molecule has 1 aromatic rings. The Morgan fingerprint density at radius 2 is 0.870 bits per heavy atom. The van der Waals surface area contributed by atoms with E-state index < -0.39 is 265 Å². The zero-order chi connectivity index (χ0) is 104. The molecule has 1 aliphatic heterocycles. The molecule has 1 fully saturated rings. The van der Waals surface area contributed by atoms with Crippen LogP contribution in [0.1, 0.15) is 317 Å². The van der Waals surface area contributed by atoms with Crippen molar-refractivity contribution < 1.29 is 120 Å². The number of alkyl carbamates (subject to hydrolysis) is 5. The molecule has 1 aromatic carbocycles. The Kier molecular flexibility index (Phi) is 56.7. The third kappa shape index (κ3) is 56.6. The van der Waals surface area contributed by atoms with Crippen LogP contribution in [0.4, 0.5) is 24.0 Å². The van der Waals surface area contributed by atoms with E-state index in [4.69, 9.17) is 29.4 Å². The van der Waals surface area contributed by atoms with Crippen molar-refractivity contribution in [2.24, 2.45) is 41.2 Å². The van der Waals surface area contributed by atoms with E-state index in [-0.39, 0.29) is 88.7 Å². The van der Waals surface area contributed by atoms with Crippen LogP contribution < -0.4 is 74.9 Å². The van der Waals surface area contributed by atoms with Gasteiger partial charge in [-0.25, -0.2) is 24.0 Å². The predicted octanol–water partition coefficient (Wildman–Crippen LogP) is 8.86. The highest BCUT2D eigenvalue weighted by molar-refractivity contribution is 6.00. The molecule has 0 spiro atoms. The number of hydrogen-bond donors (Lipinski definition) is 16. The van der Waals surface area contributed by atoms with Gasteiger partial charge in [0.1, 0.15) is 45.9 Å². The SMILES string of the molecule is CCCCCCCC[C@H](CC(=O)CCCCCNC(=O)CCCCCN)C(=O)N[C@@H](CCNC(=O)OC(C)(C)C)C(=O)C[C@H](C(=O)N[C@@H](CCNC(=O)OC(C)(C)C)C(=O)C[C@H]1CCNC(=O)[C@H]([C@@H](C)O)CC(=O)[C@H](CCNC(=O)OC(C)(C)C)NC(=O)[C@H](CCNC(=O)OC(C)(C)C)NC(=O)[C@H](CC(C)C)NC(=O)[C@@H](Cc2ccccc2)CC(=O)[C@H](CCNC(=O)OC(C)(C)C)NC1=O)[C@@H](C)O. The summed E-state index contributed by atoms with van der Waals surface area (Å²) in [6, 6.07) is -1.24. The molecule has 0 radical (unpaired) electrons. The molecule has 0 aliphatic carbocycles. The fourth-order valence-electron chi connectivity index (χ4n) is 14.9. The average molecular weight is 1950 g/mol. The number of nitrogens with one attached hydrogen (secondary N) is 13. The maximum Gasteiger partial charge on any atom is 0.407 e. The number of aliphatic hydroxyl groups excluding tert-OH is 2. The summed E-state index contributed by atoms with van der Waals surface area (Å²) in [5.74, 6) is -18.3. The number of rotatable bonds is 51. The third-order valence-corrected chi connectivity index (χ3v) is 22.0. The van der Waals surface area contributed by atoms with E-state index in [1.54, 1.807) is 148 Å². The molecule has 138 heavy (non-hydrogen) atoms. The zero-order valence-corrected chi connectivity index (χ0v) is 85.8. The van der Waals surface area contributed by atoms with Gasteiger partial charge in [0.2, 0.25) is 47.3 Å². The smallest absolute Gasteiger partial charge is 0.407 e. The number of ketones is 5. The van der Waals surface area contributed by atoms with Gasteiger partial charge >= 0.3 is 30.5 Å². The third-order valence-electron chi connectivity index (χ3n) is 22.0. The number of hydrogen-bond acceptors (Lipinski definition) is 26. The van der Waals surface area contributed by atoms with Crippen LogP contribution in [0.15, 0.2) is 30.3 Å². The van der Waals surface area contributed by atoms with Crippen molar-refractivity contribution in [2.75, 3.05) is 52.4 Å². The van der Waals surface area contributed by atoms with E-state index in [9.17, 15) is 63.0 Å². The van der Waals surface area contributed by atoms with Gasteiger partial charge in [0.25, 0.3) is 0 Å². The molecular weight excluding hydrogens is 1790 g/mol. The zero-order valence-electron chi connectivity index (χ0n) is 85.8. The molecule has 0 bridgehead atoms. The fraction of sp³-hybridized carbons (Fsp3) is 0.758. The van der Waals surface area contributed by atoms with Crippen LogP contribution in [-0.4, -0.2) is 246 Å². The van der Waals surface area contributed by atoms with Crippen molar-refractivity contribution in [1.29, 1.82) is 0 Å². The molecule has 2 rings (SSSR count). The van der Waals surface area contributed by atoms with Crippen molar-refractivity contribution in [2.45, 2.75) is 395 Å². The Morgan fingerprint density at radius 3 is 1.36 bits per heavy atom. The van der Waals surface area contributed by atoms with Gasteiger partial charge in [-0.3, -0.25) is 62.3 Å². The summed E-state index contributed by atoms with van der Waals surface area (Å²) < 4.78 is 27.3. The van der Waals surface area contributed by atoms with E-state index in [0.29, 0.717) is 50.8 Å². The van der Waals surface area contributed by atoms with Crippen LogP contribution >= 0.6 is 0 Å². The summed E-state index contributed by atoms with van der Waals surface area (Å²) in [7, 11) is 0. The molecule has 39 nitrogen and oxygen atoms in total. The standard InChI is InChI=1S/C99H168N14O25/c1-21-22-23-24-25-31-38-66(57-69(116)39-32-28-35-48-101-82(121)40-33-27-34-47-100)83(122)109-74(44-52-105-92(131)136-97(12,13)14)81(120)61-71(64(5)115)87(126)110-73(43-51-104-91(130)135-96(9,10)11)78(117)58-67-41-49-102-86(125)70(63(4)114)60-80(119)75(45-53-106-93(132)137-98(15,16)17)111-88(127)76(46-54-107-94(133)138-99(18,19)20)112-89(128)77(55-62(2)3)113-85(124)68(56-65-36-29-26-30-37-65)59-79(118)72(108-84(67)123)42-50-103-90(129)134-95(6,7)8/h26,29-30,36-37,62-64,66-68,70-77,114-115H,21-25,27-28,31-35,38-61,100H2,1-20H3,(H,101,121)(H,102,125)(H,103,129)(H,104,130)(H,105,131)(H,106,132)(H,107,133)(H,108,123)(H,109,122)(H,110,126)(H,111,127)(H,112,128)(H,113,124)/t63-,64-,66-,67-,68+,70+,71+,72+,73+,74+,75+,76+,77+/m1/s1. The maximum absolute atomic E-state index is 15.7. The molecule has 1 saturated heterocycles. The maximum atomic E-state index is 15.7. The normalized spacial score (nSPS) is 19.0. The highest BCUT2D eigenvalue weighted by Gasteiger charge is 2.41. The number of ether oxygens (including phenoxy) is 5. The van der Waals surface area contributed by atoms with Gasteiger partial charge in [-0.05, 0) is 219 Å². The van der Waals surface area contributed by atoms with Crippen molar-refractivity contribution >= 4 is 107 Å². The van der Waals surface area contributed by atoms with Gasteiger partial charge in [-0.2, -0.15) is 0 Å². The van der Waals surface area contributed by atoms with Crippen LogP contribution in [0.3, 0.4) is 0 Å². The molecule has 0 unspecified atom stereocenters. The van der Waals surface area contributed by atoms with Gasteiger partial charge < -0.3 is 109 Å². The van der Waals surface area contributed by atoms with Gasteiger partial charge in [0.15, 0.2) is 23.1 Å². The van der Waals surface area contributed by atoms with Crippen LogP contribution in [-0.2, 0) is 92.4 Å². The topological polar surface area (TPSA) is 576 Å². The van der Waals surface area contributed by atoms with Crippen molar-refractivity contribution in [1.82, 2.24) is 69.1 Å². The van der Waals surface area contributed by atoms with Crippen molar-refractivity contribution in [3.05, 3.63) is 35.9 Å². The van der Waals surface area contributed by atoms with E-state index in [0.717, 1.165) is 51.4 Å². The molecule has 1 aliphatic rings. The molecule has 13 amide bonds. The summed E-state index contributed by atoms with van der Waals surface area (Å²) in [4.78, 5) is 259. The molecule has 0 aromatic heterocycles. The first-order valence-corrected chi connectivity index (χ1v) is 49.3. The number of carbonyl (C=O) groups is 18. The number of aliphatic hydroxyl groups is 2. The Balaban J connectivity index is 3.11. The second kappa shape index (κ2) is 63.3. The summed E-state index contributed by atoms with van der Waals surface area (Å²) >= 11 is 0. The van der Waals surface area contributed by atoms with E-state index in [1.807, 2.05) is 0 Å². The largest absolute Gasteiger partial charge is 0.444 e. The fourth-order valence-corrected chi connectivity index (χ4v) is 14.9. The monoisotopic (exact) mass is 1950 g/mol. The molecule has 0 saturated carbocycles. The van der Waals surface area contributed by atoms with Crippen molar-refractivity contribution in [3.8, 4) is 0 Å². The lowest BCUT2D eigenvalue weighted by atomic mass is 9.88. The minimum atomic E-state index is -1.77. The minimum Gasteiger partial charge on any atom is -0.444 e.